The third-order valence-electron chi connectivity index (χ3n) is 3.35. The molecule has 0 saturated carbocycles. The van der Waals surface area contributed by atoms with Crippen molar-refractivity contribution in [3.63, 3.8) is 0 Å². The van der Waals surface area contributed by atoms with E-state index in [1.807, 2.05) is 13.8 Å². The maximum absolute atomic E-state index is 12.3. The first-order chi connectivity index (χ1) is 10.4. The number of sulfonamides is 1. The summed E-state index contributed by atoms with van der Waals surface area (Å²) in [7, 11) is -3.56. The molecule has 0 aliphatic heterocycles. The maximum atomic E-state index is 12.3. The van der Waals surface area contributed by atoms with E-state index in [4.69, 9.17) is 4.74 Å². The monoisotopic (exact) mass is 319 g/mol. The number of benzene rings is 2. The Labute approximate surface area is 132 Å². The number of ether oxygens (including phenoxy) is 1. The quantitative estimate of drug-likeness (QED) is 0.876. The van der Waals surface area contributed by atoms with Crippen LogP contribution in [0, 0.1) is 6.92 Å². The van der Waals surface area contributed by atoms with E-state index in [1.165, 1.54) is 0 Å². The van der Waals surface area contributed by atoms with Gasteiger partial charge < -0.3 is 4.74 Å². The summed E-state index contributed by atoms with van der Waals surface area (Å²) in [6.45, 7) is 5.96. The fraction of sp³-hybridized carbons (Fsp3) is 0.294. The molecule has 2 aromatic carbocycles. The molecule has 2 aromatic rings. The van der Waals surface area contributed by atoms with E-state index < -0.39 is 10.0 Å². The molecule has 4 nitrogen and oxygen atoms in total. The summed E-state index contributed by atoms with van der Waals surface area (Å²) in [5.41, 5.74) is 1.53. The van der Waals surface area contributed by atoms with Crippen molar-refractivity contribution in [1.82, 2.24) is 0 Å². The number of rotatable bonds is 6. The molecule has 0 radical (unpaired) electrons. The molecular weight excluding hydrogens is 298 g/mol. The molecule has 5 heteroatoms. The van der Waals surface area contributed by atoms with Crippen molar-refractivity contribution in [3.05, 3.63) is 54.1 Å². The lowest BCUT2D eigenvalue weighted by Crippen LogP contribution is -2.13. The van der Waals surface area contributed by atoms with E-state index in [2.05, 4.69) is 11.6 Å². The first-order valence-electron chi connectivity index (χ1n) is 7.27. The lowest BCUT2D eigenvalue weighted by molar-refractivity contribution is 0.217. The summed E-state index contributed by atoms with van der Waals surface area (Å²) in [5.74, 6) is 0.729. The van der Waals surface area contributed by atoms with Crippen LogP contribution in [0.25, 0.3) is 0 Å². The summed E-state index contributed by atoms with van der Waals surface area (Å²) < 4.78 is 32.8. The number of aryl methyl sites for hydroxylation is 1. The van der Waals surface area contributed by atoms with Crippen LogP contribution in [0.1, 0.15) is 25.8 Å². The van der Waals surface area contributed by atoms with Gasteiger partial charge in [-0.3, -0.25) is 4.72 Å². The van der Waals surface area contributed by atoms with Gasteiger partial charge in [-0.1, -0.05) is 24.6 Å². The van der Waals surface area contributed by atoms with Gasteiger partial charge in [-0.05, 0) is 56.7 Å². The third-order valence-corrected chi connectivity index (χ3v) is 4.75. The SMILES string of the molecule is CCC(C)Oc1ccc(NS(=O)(=O)c2ccc(C)cc2)cc1. The summed E-state index contributed by atoms with van der Waals surface area (Å²) in [6.07, 6.45) is 1.05. The van der Waals surface area contributed by atoms with Gasteiger partial charge in [0, 0.05) is 5.69 Å². The Bertz CT molecular complexity index is 707. The predicted octanol–water partition coefficient (Wildman–Crippen LogP) is 3.97. The molecule has 1 atom stereocenters. The Kier molecular flexibility index (Phi) is 5.08. The number of hydrogen-bond acceptors (Lipinski definition) is 3. The highest BCUT2D eigenvalue weighted by Gasteiger charge is 2.13. The van der Waals surface area contributed by atoms with Crippen LogP contribution in [-0.4, -0.2) is 14.5 Å². The fourth-order valence-electron chi connectivity index (χ4n) is 1.85. The Morgan fingerprint density at radius 2 is 1.64 bits per heavy atom. The van der Waals surface area contributed by atoms with E-state index >= 15 is 0 Å². The second-order valence-electron chi connectivity index (χ2n) is 5.28. The molecule has 0 spiro atoms. The van der Waals surface area contributed by atoms with E-state index in [9.17, 15) is 8.42 Å². The molecule has 0 saturated heterocycles. The van der Waals surface area contributed by atoms with E-state index in [1.54, 1.807) is 48.5 Å². The average Bonchev–Trinajstić information content (AvgIpc) is 2.49. The van der Waals surface area contributed by atoms with Crippen LogP contribution in [-0.2, 0) is 10.0 Å². The maximum Gasteiger partial charge on any atom is 0.261 e. The third kappa shape index (κ3) is 4.24. The summed E-state index contributed by atoms with van der Waals surface area (Å²) in [5, 5.41) is 0. The molecule has 118 valence electrons. The largest absolute Gasteiger partial charge is 0.491 e. The highest BCUT2D eigenvalue weighted by atomic mass is 32.2. The second kappa shape index (κ2) is 6.83. The first kappa shape index (κ1) is 16.4. The fourth-order valence-corrected chi connectivity index (χ4v) is 2.91. The second-order valence-corrected chi connectivity index (χ2v) is 6.96. The van der Waals surface area contributed by atoms with E-state index in [0.29, 0.717) is 5.69 Å². The molecule has 0 fully saturated rings. The van der Waals surface area contributed by atoms with Crippen LogP contribution in [0.2, 0.25) is 0 Å². The van der Waals surface area contributed by atoms with Crippen molar-refractivity contribution >= 4 is 15.7 Å². The predicted molar refractivity (Wildman–Crippen MR) is 88.8 cm³/mol. The van der Waals surface area contributed by atoms with Gasteiger partial charge in [-0.15, -0.1) is 0 Å². The number of anilines is 1. The van der Waals surface area contributed by atoms with Crippen molar-refractivity contribution < 1.29 is 13.2 Å². The van der Waals surface area contributed by atoms with Crippen LogP contribution in [0.5, 0.6) is 5.75 Å². The lowest BCUT2D eigenvalue weighted by atomic mass is 10.2. The summed E-state index contributed by atoms with van der Waals surface area (Å²) in [4.78, 5) is 0.248. The van der Waals surface area contributed by atoms with Gasteiger partial charge in [0.2, 0.25) is 0 Å². The zero-order valence-corrected chi connectivity index (χ0v) is 13.9. The minimum absolute atomic E-state index is 0.134. The minimum Gasteiger partial charge on any atom is -0.491 e. The average molecular weight is 319 g/mol. The van der Waals surface area contributed by atoms with Crippen LogP contribution in [0.15, 0.2) is 53.4 Å². The molecule has 2 rings (SSSR count). The molecular formula is C17H21NO3S. The Hall–Kier alpha value is -2.01. The normalized spacial score (nSPS) is 12.7. The molecule has 1 N–H and O–H groups in total. The Balaban J connectivity index is 2.11. The van der Waals surface area contributed by atoms with Crippen LogP contribution >= 0.6 is 0 Å². The lowest BCUT2D eigenvalue weighted by Gasteiger charge is -2.13. The van der Waals surface area contributed by atoms with Gasteiger partial charge in [-0.2, -0.15) is 0 Å². The van der Waals surface area contributed by atoms with Gasteiger partial charge in [0.05, 0.1) is 11.0 Å². The molecule has 0 bridgehead atoms. The standard InChI is InChI=1S/C17H21NO3S/c1-4-14(3)21-16-9-7-15(8-10-16)18-22(19,20)17-11-5-13(2)6-12-17/h5-12,14,18H,4H2,1-3H3. The topological polar surface area (TPSA) is 55.4 Å². The van der Waals surface area contributed by atoms with Gasteiger partial charge in [0.1, 0.15) is 5.75 Å². The van der Waals surface area contributed by atoms with Crippen molar-refractivity contribution in [2.24, 2.45) is 0 Å². The highest BCUT2D eigenvalue weighted by Crippen LogP contribution is 2.20. The van der Waals surface area contributed by atoms with Crippen molar-refractivity contribution in [2.75, 3.05) is 4.72 Å². The molecule has 0 amide bonds. The zero-order chi connectivity index (χ0) is 16.2. The minimum atomic E-state index is -3.56. The zero-order valence-electron chi connectivity index (χ0n) is 13.0. The van der Waals surface area contributed by atoms with Crippen molar-refractivity contribution in [2.45, 2.75) is 38.2 Å². The first-order valence-corrected chi connectivity index (χ1v) is 8.75. The molecule has 0 aliphatic carbocycles. The molecule has 1 unspecified atom stereocenters. The molecule has 0 aromatic heterocycles. The van der Waals surface area contributed by atoms with Gasteiger partial charge in [0.15, 0.2) is 0 Å². The van der Waals surface area contributed by atoms with Crippen LogP contribution < -0.4 is 9.46 Å². The number of hydrogen-bond donors (Lipinski definition) is 1. The van der Waals surface area contributed by atoms with Gasteiger partial charge in [0.25, 0.3) is 10.0 Å². The van der Waals surface area contributed by atoms with Crippen molar-refractivity contribution in [1.29, 1.82) is 0 Å². The van der Waals surface area contributed by atoms with Crippen LogP contribution in [0.4, 0.5) is 5.69 Å². The molecule has 22 heavy (non-hydrogen) atoms. The van der Waals surface area contributed by atoms with Crippen molar-refractivity contribution in [3.8, 4) is 5.75 Å². The number of nitrogens with one attached hydrogen (secondary N) is 1. The van der Waals surface area contributed by atoms with Gasteiger partial charge >= 0.3 is 0 Å². The van der Waals surface area contributed by atoms with E-state index in [0.717, 1.165) is 17.7 Å². The highest BCUT2D eigenvalue weighted by molar-refractivity contribution is 7.92. The summed E-state index contributed by atoms with van der Waals surface area (Å²) >= 11 is 0. The van der Waals surface area contributed by atoms with Gasteiger partial charge in [-0.25, -0.2) is 8.42 Å². The molecule has 0 heterocycles. The Morgan fingerprint density at radius 1 is 1.05 bits per heavy atom. The van der Waals surface area contributed by atoms with Crippen LogP contribution in [0.3, 0.4) is 0 Å². The van der Waals surface area contributed by atoms with E-state index in [-0.39, 0.29) is 11.0 Å². The summed E-state index contributed by atoms with van der Waals surface area (Å²) in [6, 6.07) is 13.7. The smallest absolute Gasteiger partial charge is 0.261 e. The molecule has 0 aliphatic rings. The Morgan fingerprint density at radius 3 is 2.18 bits per heavy atom.